The van der Waals surface area contributed by atoms with Gasteiger partial charge in [-0.1, -0.05) is 0 Å². The molecule has 10 heteroatoms. The number of rotatable bonds is 5. The van der Waals surface area contributed by atoms with Gasteiger partial charge >= 0.3 is 0 Å². The first kappa shape index (κ1) is 19.7. The number of nitrogens with zero attached hydrogens (tertiary/aromatic N) is 3. The summed E-state index contributed by atoms with van der Waals surface area (Å²) in [6.07, 6.45) is 0. The van der Waals surface area contributed by atoms with Crippen molar-refractivity contribution in [3.63, 3.8) is 0 Å². The number of carbonyl (C=O) groups excluding carboxylic acids is 2. The van der Waals surface area contributed by atoms with Gasteiger partial charge in [0.05, 0.1) is 10.6 Å². The Morgan fingerprint density at radius 3 is 2.79 bits per heavy atom. The minimum absolute atomic E-state index is 0. The molecule has 1 aliphatic rings. The van der Waals surface area contributed by atoms with E-state index in [-0.39, 0.29) is 48.9 Å². The van der Waals surface area contributed by atoms with Crippen LogP contribution >= 0.6 is 12.4 Å². The van der Waals surface area contributed by atoms with Crippen molar-refractivity contribution in [1.82, 2.24) is 4.90 Å². The molecular weight excluding hydrogens is 340 g/mol. The van der Waals surface area contributed by atoms with Gasteiger partial charge in [0.25, 0.3) is 11.6 Å². The normalized spacial score (nSPS) is 14.1. The molecule has 1 unspecified atom stereocenters. The molecule has 24 heavy (non-hydrogen) atoms. The molecule has 0 aromatic heterocycles. The van der Waals surface area contributed by atoms with Crippen LogP contribution in [0.25, 0.3) is 0 Å². The van der Waals surface area contributed by atoms with E-state index in [0.29, 0.717) is 12.3 Å². The third kappa shape index (κ3) is 3.92. The highest BCUT2D eigenvalue weighted by atomic mass is 35.5. The summed E-state index contributed by atoms with van der Waals surface area (Å²) in [5.74, 6) is -0.409. The first-order chi connectivity index (χ1) is 10.8. The summed E-state index contributed by atoms with van der Waals surface area (Å²) < 4.78 is 5.25. The first-order valence-corrected chi connectivity index (χ1v) is 7.02. The first-order valence-electron chi connectivity index (χ1n) is 7.02. The summed E-state index contributed by atoms with van der Waals surface area (Å²) in [7, 11) is 1.60. The Balaban J connectivity index is 0.00000288. The van der Waals surface area contributed by atoms with E-state index in [2.05, 4.69) is 0 Å². The lowest BCUT2D eigenvalue weighted by molar-refractivity contribution is -0.384. The number of hydrogen-bond donors (Lipinski definition) is 1. The molecule has 0 radical (unpaired) electrons. The molecule has 0 spiro atoms. The molecule has 0 saturated heterocycles. The number of ether oxygens (including phenoxy) is 1. The van der Waals surface area contributed by atoms with Crippen molar-refractivity contribution in [2.45, 2.75) is 13.0 Å². The smallest absolute Gasteiger partial charge is 0.271 e. The maximum absolute atomic E-state index is 12.3. The highest BCUT2D eigenvalue weighted by molar-refractivity contribution is 6.02. The van der Waals surface area contributed by atoms with E-state index in [0.717, 1.165) is 0 Å². The Hall–Kier alpha value is -2.39. The van der Waals surface area contributed by atoms with Gasteiger partial charge in [-0.2, -0.15) is 0 Å². The molecule has 1 aromatic rings. The van der Waals surface area contributed by atoms with E-state index in [1.807, 2.05) is 0 Å². The monoisotopic (exact) mass is 358 g/mol. The Kier molecular flexibility index (Phi) is 6.50. The number of halogens is 1. The van der Waals surface area contributed by atoms with E-state index >= 15 is 0 Å². The highest BCUT2D eigenvalue weighted by Gasteiger charge is 2.30. The third-order valence-electron chi connectivity index (χ3n) is 3.79. The van der Waals surface area contributed by atoms with Gasteiger partial charge in [0.2, 0.25) is 5.91 Å². The Morgan fingerprint density at radius 2 is 2.21 bits per heavy atom. The molecule has 9 nitrogen and oxygen atoms in total. The van der Waals surface area contributed by atoms with Crippen molar-refractivity contribution >= 4 is 35.6 Å². The van der Waals surface area contributed by atoms with E-state index in [1.54, 1.807) is 14.0 Å². The van der Waals surface area contributed by atoms with Crippen LogP contribution in [0.15, 0.2) is 18.2 Å². The Labute approximate surface area is 144 Å². The second-order valence-electron chi connectivity index (χ2n) is 5.27. The Bertz CT molecular complexity index is 654. The van der Waals surface area contributed by atoms with Gasteiger partial charge in [-0.15, -0.1) is 12.4 Å². The largest absolute Gasteiger partial charge is 0.482 e. The summed E-state index contributed by atoms with van der Waals surface area (Å²) in [4.78, 5) is 37.3. The van der Waals surface area contributed by atoms with Crippen molar-refractivity contribution in [2.24, 2.45) is 5.73 Å². The van der Waals surface area contributed by atoms with Crippen LogP contribution < -0.4 is 15.4 Å². The van der Waals surface area contributed by atoms with E-state index in [9.17, 15) is 19.7 Å². The summed E-state index contributed by atoms with van der Waals surface area (Å²) in [6.45, 7) is 1.64. The van der Waals surface area contributed by atoms with Crippen molar-refractivity contribution in [3.05, 3.63) is 28.3 Å². The van der Waals surface area contributed by atoms with E-state index in [4.69, 9.17) is 10.5 Å². The quantitative estimate of drug-likeness (QED) is 0.606. The minimum atomic E-state index is -0.567. The lowest BCUT2D eigenvalue weighted by Crippen LogP contribution is -2.48. The van der Waals surface area contributed by atoms with Crippen LogP contribution in [0.3, 0.4) is 0 Å². The molecule has 0 bridgehead atoms. The molecule has 2 amide bonds. The van der Waals surface area contributed by atoms with E-state index < -0.39 is 10.8 Å². The molecule has 1 aromatic carbocycles. The van der Waals surface area contributed by atoms with E-state index in [1.165, 1.54) is 28.0 Å². The molecule has 0 saturated carbocycles. The topological polar surface area (TPSA) is 119 Å². The fourth-order valence-electron chi connectivity index (χ4n) is 2.13. The number of anilines is 1. The number of fused-ring (bicyclic) bond motifs is 1. The fraction of sp³-hybridized carbons (Fsp3) is 0.429. The minimum Gasteiger partial charge on any atom is -0.482 e. The number of amides is 2. The van der Waals surface area contributed by atoms with Gasteiger partial charge in [0.1, 0.15) is 12.3 Å². The summed E-state index contributed by atoms with van der Waals surface area (Å²) >= 11 is 0. The number of nitro groups is 1. The summed E-state index contributed by atoms with van der Waals surface area (Å²) in [5.41, 5.74) is 5.57. The number of likely N-dealkylation sites (N-methyl/N-ethyl adjacent to an activating group) is 1. The van der Waals surface area contributed by atoms with Crippen LogP contribution in [-0.4, -0.2) is 54.4 Å². The third-order valence-corrected chi connectivity index (χ3v) is 3.79. The maximum atomic E-state index is 12.3. The van der Waals surface area contributed by atoms with Gasteiger partial charge in [0, 0.05) is 31.8 Å². The van der Waals surface area contributed by atoms with Crippen LogP contribution in [0.2, 0.25) is 0 Å². The van der Waals surface area contributed by atoms with Crippen molar-refractivity contribution < 1.29 is 19.2 Å². The molecule has 1 heterocycles. The van der Waals surface area contributed by atoms with Gasteiger partial charge in [-0.25, -0.2) is 0 Å². The molecule has 1 atom stereocenters. The van der Waals surface area contributed by atoms with Crippen molar-refractivity contribution in [3.8, 4) is 5.75 Å². The van der Waals surface area contributed by atoms with Crippen LogP contribution in [-0.2, 0) is 9.59 Å². The maximum Gasteiger partial charge on any atom is 0.271 e. The lowest BCUT2D eigenvalue weighted by Gasteiger charge is -2.31. The number of non-ortho nitro benzene ring substituents is 1. The SMILES string of the molecule is CC(CN)N(C)C(=O)CN1C(=O)COc2ccc([N+](=O)[O-])cc21.Cl. The fourth-order valence-corrected chi connectivity index (χ4v) is 2.13. The average molecular weight is 359 g/mol. The Morgan fingerprint density at radius 1 is 1.54 bits per heavy atom. The van der Waals surface area contributed by atoms with Gasteiger partial charge in [0.15, 0.2) is 6.61 Å². The molecule has 1 aliphatic heterocycles. The van der Waals surface area contributed by atoms with Crippen LogP contribution in [0, 0.1) is 10.1 Å². The summed E-state index contributed by atoms with van der Waals surface area (Å²) in [5, 5.41) is 10.9. The van der Waals surface area contributed by atoms with Crippen LogP contribution in [0.4, 0.5) is 11.4 Å². The second kappa shape index (κ2) is 7.93. The standard InChI is InChI=1S/C14H18N4O5.ClH/c1-9(6-15)16(2)13(19)7-17-11-5-10(18(21)22)3-4-12(11)23-8-14(17)20;/h3-5,9H,6-8,15H2,1-2H3;1H. The average Bonchev–Trinajstić information content (AvgIpc) is 2.55. The number of nitro benzene ring substituents is 1. The van der Waals surface area contributed by atoms with Gasteiger partial charge in [-0.05, 0) is 13.0 Å². The van der Waals surface area contributed by atoms with Crippen LogP contribution in [0.5, 0.6) is 5.75 Å². The zero-order chi connectivity index (χ0) is 17.1. The molecular formula is C14H19ClN4O5. The molecule has 0 aliphatic carbocycles. The zero-order valence-electron chi connectivity index (χ0n) is 13.3. The highest BCUT2D eigenvalue weighted by Crippen LogP contribution is 2.35. The van der Waals surface area contributed by atoms with Gasteiger partial charge < -0.3 is 15.4 Å². The number of nitrogens with two attached hydrogens (primary N) is 1. The lowest BCUT2D eigenvalue weighted by atomic mass is 10.2. The number of hydrogen-bond acceptors (Lipinski definition) is 6. The predicted molar refractivity (Wildman–Crippen MR) is 89.5 cm³/mol. The predicted octanol–water partition coefficient (Wildman–Crippen LogP) is 0.548. The van der Waals surface area contributed by atoms with Crippen molar-refractivity contribution in [1.29, 1.82) is 0 Å². The number of carbonyl (C=O) groups is 2. The van der Waals surface area contributed by atoms with Gasteiger partial charge in [-0.3, -0.25) is 24.6 Å². The molecule has 132 valence electrons. The second-order valence-corrected chi connectivity index (χ2v) is 5.27. The molecule has 2 rings (SSSR count). The number of benzene rings is 1. The molecule has 0 fully saturated rings. The summed E-state index contributed by atoms with van der Waals surface area (Å²) in [6, 6.07) is 3.76. The van der Waals surface area contributed by atoms with Crippen molar-refractivity contribution in [2.75, 3.05) is 31.6 Å². The zero-order valence-corrected chi connectivity index (χ0v) is 14.1. The molecule has 2 N–H and O–H groups in total. The van der Waals surface area contributed by atoms with Crippen LogP contribution in [0.1, 0.15) is 6.92 Å².